The van der Waals surface area contributed by atoms with Crippen LogP contribution in [0.1, 0.15) is 125 Å². The summed E-state index contributed by atoms with van der Waals surface area (Å²) in [6.45, 7) is 6.69. The molecule has 2 unspecified atom stereocenters. The molecule has 0 spiro atoms. The standard InChI is InChI=1S/C29H30O3.C15H24.H2/c1-2-9-22-16-17-23-20-24(18-19-26(23)29(22)31)27(30)14-8-11-21-10-6-7-15-28(21)32-25-12-4-3-5-13-25;1-3-5-11-14(10-4-2)15-12-8-6-7-9-13-15;/h3-7,10,12-13,15,18-20,22H,2,8-9,11,14,16-17H2,1H3;6,8-9,12-14H,3-5,7,10-11H2,1-2H3;1H. The van der Waals surface area contributed by atoms with Crippen molar-refractivity contribution in [1.82, 2.24) is 0 Å². The number of para-hydroxylation sites is 2. The third-order valence-corrected chi connectivity index (χ3v) is 9.28. The number of benzene rings is 3. The number of rotatable bonds is 15. The highest BCUT2D eigenvalue weighted by molar-refractivity contribution is 6.02. The number of fused-ring (bicyclic) bond motifs is 1. The van der Waals surface area contributed by atoms with Gasteiger partial charge < -0.3 is 4.74 Å². The van der Waals surface area contributed by atoms with Gasteiger partial charge in [-0.25, -0.2) is 0 Å². The Morgan fingerprint density at radius 1 is 0.894 bits per heavy atom. The maximum absolute atomic E-state index is 12.8. The van der Waals surface area contributed by atoms with E-state index in [2.05, 4.69) is 57.2 Å². The first kappa shape index (κ1) is 35.9. The Morgan fingerprint density at radius 2 is 1.70 bits per heavy atom. The molecule has 0 saturated heterocycles. The van der Waals surface area contributed by atoms with Crippen LogP contribution in [-0.4, -0.2) is 11.6 Å². The number of ketones is 2. The Kier molecular flexibility index (Phi) is 15.0. The predicted octanol–water partition coefficient (Wildman–Crippen LogP) is 12.5. The van der Waals surface area contributed by atoms with Crippen LogP contribution in [-0.2, 0) is 12.8 Å². The summed E-state index contributed by atoms with van der Waals surface area (Å²) in [5, 5.41) is 0. The number of hydrogen-bond donors (Lipinski definition) is 0. The molecule has 250 valence electrons. The minimum atomic E-state index is 0. The molecule has 0 aromatic heterocycles. The van der Waals surface area contributed by atoms with Crippen molar-refractivity contribution in [2.24, 2.45) is 11.8 Å². The molecule has 0 heterocycles. The summed E-state index contributed by atoms with van der Waals surface area (Å²) >= 11 is 0. The van der Waals surface area contributed by atoms with Crippen LogP contribution in [0.3, 0.4) is 0 Å². The second kappa shape index (κ2) is 19.6. The van der Waals surface area contributed by atoms with Crippen molar-refractivity contribution in [2.45, 2.75) is 104 Å². The van der Waals surface area contributed by atoms with E-state index in [1.165, 1.54) is 32.1 Å². The average molecular weight is 633 g/mol. The Morgan fingerprint density at radius 3 is 2.49 bits per heavy atom. The quantitative estimate of drug-likeness (QED) is 0.157. The summed E-state index contributed by atoms with van der Waals surface area (Å²) in [6, 6.07) is 23.4. The maximum atomic E-state index is 12.8. The summed E-state index contributed by atoms with van der Waals surface area (Å²) in [5.41, 5.74) is 5.22. The topological polar surface area (TPSA) is 43.4 Å². The van der Waals surface area contributed by atoms with Crippen molar-refractivity contribution in [1.29, 1.82) is 0 Å². The molecular formula is C44H56O3. The molecule has 5 rings (SSSR count). The number of hydrogen-bond acceptors (Lipinski definition) is 3. The van der Waals surface area contributed by atoms with Gasteiger partial charge in [0, 0.05) is 24.9 Å². The van der Waals surface area contributed by atoms with Crippen LogP contribution < -0.4 is 4.74 Å². The lowest BCUT2D eigenvalue weighted by molar-refractivity contribution is 0.0892. The molecule has 0 N–H and O–H groups in total. The van der Waals surface area contributed by atoms with Crippen LogP contribution in [0.15, 0.2) is 109 Å². The Balaban J connectivity index is 0.000000330. The van der Waals surface area contributed by atoms with Gasteiger partial charge in [0.15, 0.2) is 11.6 Å². The highest BCUT2D eigenvalue weighted by atomic mass is 16.5. The maximum Gasteiger partial charge on any atom is 0.166 e. The van der Waals surface area contributed by atoms with Gasteiger partial charge in [0.2, 0.25) is 0 Å². The van der Waals surface area contributed by atoms with Gasteiger partial charge in [0.25, 0.3) is 0 Å². The zero-order valence-electron chi connectivity index (χ0n) is 28.9. The predicted molar refractivity (Wildman–Crippen MR) is 199 cm³/mol. The van der Waals surface area contributed by atoms with Crippen LogP contribution in [0.5, 0.6) is 11.5 Å². The lowest BCUT2D eigenvalue weighted by atomic mass is 9.80. The first-order chi connectivity index (χ1) is 23.0. The van der Waals surface area contributed by atoms with Gasteiger partial charge in [-0.1, -0.05) is 125 Å². The number of ether oxygens (including phenoxy) is 1. The third-order valence-electron chi connectivity index (χ3n) is 9.28. The van der Waals surface area contributed by atoms with E-state index in [-0.39, 0.29) is 18.9 Å². The SMILES string of the molecule is CCCC1CCc2cc(C(=O)CCCc3ccccc3Oc3ccccc3)ccc2C1=O.CCCCC(CCC)C1=CC=CCC=C1.[HH]. The van der Waals surface area contributed by atoms with Crippen molar-refractivity contribution < 1.29 is 15.8 Å². The summed E-state index contributed by atoms with van der Waals surface area (Å²) < 4.78 is 6.03. The zero-order valence-corrected chi connectivity index (χ0v) is 28.9. The van der Waals surface area contributed by atoms with Gasteiger partial charge in [-0.05, 0) is 98.2 Å². The number of unbranched alkanes of at least 4 members (excludes halogenated alkanes) is 1. The van der Waals surface area contributed by atoms with E-state index in [0.717, 1.165) is 84.6 Å². The number of carbonyl (C=O) groups excluding carboxylic acids is 2. The molecule has 2 aliphatic rings. The van der Waals surface area contributed by atoms with Gasteiger partial charge in [-0.3, -0.25) is 9.59 Å². The van der Waals surface area contributed by atoms with E-state index in [9.17, 15) is 9.59 Å². The molecule has 47 heavy (non-hydrogen) atoms. The van der Waals surface area contributed by atoms with E-state index in [1.807, 2.05) is 66.7 Å². The van der Waals surface area contributed by atoms with Crippen LogP contribution in [0, 0.1) is 11.8 Å². The fraction of sp³-hybridized carbons (Fsp3) is 0.409. The molecular weight excluding hydrogens is 576 g/mol. The zero-order chi connectivity index (χ0) is 33.3. The lowest BCUT2D eigenvalue weighted by Gasteiger charge is -2.23. The van der Waals surface area contributed by atoms with Gasteiger partial charge in [0.05, 0.1) is 0 Å². The van der Waals surface area contributed by atoms with Crippen molar-refractivity contribution in [3.05, 3.63) is 131 Å². The van der Waals surface area contributed by atoms with E-state index >= 15 is 0 Å². The Hall–Kier alpha value is -3.98. The number of aryl methyl sites for hydroxylation is 2. The van der Waals surface area contributed by atoms with E-state index in [0.29, 0.717) is 6.42 Å². The minimum absolute atomic E-state index is 0. The number of carbonyl (C=O) groups is 2. The molecule has 0 aliphatic heterocycles. The summed E-state index contributed by atoms with van der Waals surface area (Å²) in [5.74, 6) is 2.96. The molecule has 3 heteroatoms. The molecule has 0 fully saturated rings. The fourth-order valence-electron chi connectivity index (χ4n) is 6.67. The molecule has 2 atom stereocenters. The second-order valence-corrected chi connectivity index (χ2v) is 12.9. The fourth-order valence-corrected chi connectivity index (χ4v) is 6.67. The summed E-state index contributed by atoms with van der Waals surface area (Å²) in [7, 11) is 0. The van der Waals surface area contributed by atoms with E-state index in [4.69, 9.17) is 4.74 Å². The van der Waals surface area contributed by atoms with Crippen molar-refractivity contribution in [2.75, 3.05) is 0 Å². The first-order valence-corrected chi connectivity index (χ1v) is 18.1. The summed E-state index contributed by atoms with van der Waals surface area (Å²) in [4.78, 5) is 25.5. The normalized spacial score (nSPS) is 15.9. The molecule has 2 aliphatic carbocycles. The van der Waals surface area contributed by atoms with Crippen LogP contribution in [0.4, 0.5) is 0 Å². The van der Waals surface area contributed by atoms with Gasteiger partial charge in [-0.2, -0.15) is 0 Å². The number of allylic oxidation sites excluding steroid dienone is 6. The highest BCUT2D eigenvalue weighted by Gasteiger charge is 2.27. The Bertz CT molecular complexity index is 1520. The molecule has 0 bridgehead atoms. The van der Waals surface area contributed by atoms with Crippen LogP contribution >= 0.6 is 0 Å². The average Bonchev–Trinajstić information content (AvgIpc) is 3.39. The largest absolute Gasteiger partial charge is 0.457 e. The van der Waals surface area contributed by atoms with Crippen LogP contribution in [0.2, 0.25) is 0 Å². The smallest absolute Gasteiger partial charge is 0.166 e. The highest BCUT2D eigenvalue weighted by Crippen LogP contribution is 2.30. The van der Waals surface area contributed by atoms with E-state index < -0.39 is 0 Å². The number of Topliss-reactive ketones (excluding diaryl/α,β-unsaturated/α-hetero) is 2. The Labute approximate surface area is 285 Å². The molecule has 0 amide bonds. The minimum Gasteiger partial charge on any atom is -0.457 e. The van der Waals surface area contributed by atoms with Crippen molar-refractivity contribution in [3.8, 4) is 11.5 Å². The first-order valence-electron chi connectivity index (χ1n) is 18.1. The van der Waals surface area contributed by atoms with Gasteiger partial charge >= 0.3 is 0 Å². The van der Waals surface area contributed by atoms with Gasteiger partial charge in [-0.15, -0.1) is 0 Å². The molecule has 3 aromatic carbocycles. The van der Waals surface area contributed by atoms with Crippen LogP contribution in [0.25, 0.3) is 0 Å². The molecule has 0 radical (unpaired) electrons. The van der Waals surface area contributed by atoms with Gasteiger partial charge in [0.1, 0.15) is 11.5 Å². The molecule has 3 aromatic rings. The van der Waals surface area contributed by atoms with Crippen molar-refractivity contribution >= 4 is 11.6 Å². The van der Waals surface area contributed by atoms with E-state index in [1.54, 1.807) is 5.57 Å². The third kappa shape index (κ3) is 11.1. The molecule has 0 saturated carbocycles. The molecule has 3 nitrogen and oxygen atoms in total. The monoisotopic (exact) mass is 632 g/mol. The summed E-state index contributed by atoms with van der Waals surface area (Å²) in [6.07, 6.45) is 24.9. The lowest BCUT2D eigenvalue weighted by Crippen LogP contribution is -2.22. The second-order valence-electron chi connectivity index (χ2n) is 12.9. The van der Waals surface area contributed by atoms with Crippen molar-refractivity contribution in [3.63, 3.8) is 0 Å².